The van der Waals surface area contributed by atoms with Crippen LogP contribution >= 0.6 is 22.7 Å². The lowest BCUT2D eigenvalue weighted by molar-refractivity contribution is 1.18. The molecule has 8 aromatic carbocycles. The molecule has 0 saturated heterocycles. The molecule has 11 aromatic rings. The van der Waals surface area contributed by atoms with Crippen LogP contribution in [0.15, 0.2) is 170 Å². The van der Waals surface area contributed by atoms with Crippen molar-refractivity contribution in [1.29, 1.82) is 0 Å². The highest BCUT2D eigenvalue weighted by molar-refractivity contribution is 7.27. The van der Waals surface area contributed by atoms with Crippen LogP contribution < -0.4 is 4.90 Å². The summed E-state index contributed by atoms with van der Waals surface area (Å²) in [6.07, 6.45) is 0. The van der Waals surface area contributed by atoms with Gasteiger partial charge in [0.1, 0.15) is 0 Å². The molecule has 0 radical (unpaired) electrons. The third-order valence-corrected chi connectivity index (χ3v) is 12.6. The van der Waals surface area contributed by atoms with Gasteiger partial charge in [0.15, 0.2) is 0 Å². The van der Waals surface area contributed by atoms with Crippen molar-refractivity contribution >= 4 is 113 Å². The molecular formula is C46H28N2S2. The third kappa shape index (κ3) is 4.07. The first-order valence-corrected chi connectivity index (χ1v) is 18.6. The molecule has 11 rings (SSSR count). The van der Waals surface area contributed by atoms with Gasteiger partial charge in [-0.15, -0.1) is 22.7 Å². The Labute approximate surface area is 296 Å². The van der Waals surface area contributed by atoms with E-state index in [1.807, 2.05) is 22.7 Å². The van der Waals surface area contributed by atoms with Crippen molar-refractivity contribution in [2.24, 2.45) is 0 Å². The molecule has 0 aliphatic heterocycles. The molecule has 0 aliphatic carbocycles. The highest BCUT2D eigenvalue weighted by atomic mass is 32.1. The van der Waals surface area contributed by atoms with Gasteiger partial charge in [-0.1, -0.05) is 115 Å². The van der Waals surface area contributed by atoms with Gasteiger partial charge in [0.05, 0.1) is 21.4 Å². The summed E-state index contributed by atoms with van der Waals surface area (Å²) in [5, 5.41) is 10.3. The predicted molar refractivity (Wildman–Crippen MR) is 219 cm³/mol. The van der Waals surface area contributed by atoms with Gasteiger partial charge in [0.25, 0.3) is 0 Å². The molecule has 2 nitrogen and oxygen atoms in total. The average molecular weight is 673 g/mol. The van der Waals surface area contributed by atoms with Gasteiger partial charge < -0.3 is 9.47 Å². The minimum atomic E-state index is 1.13. The molecule has 0 N–H and O–H groups in total. The molecule has 234 valence electrons. The molecule has 3 heterocycles. The lowest BCUT2D eigenvalue weighted by Crippen LogP contribution is -2.10. The maximum absolute atomic E-state index is 2.48. The molecule has 3 aromatic heterocycles. The summed E-state index contributed by atoms with van der Waals surface area (Å²) in [6.45, 7) is 0. The number of nitrogens with zero attached hydrogens (tertiary/aromatic N) is 2. The Morgan fingerprint density at radius 2 is 1.02 bits per heavy atom. The van der Waals surface area contributed by atoms with Crippen molar-refractivity contribution < 1.29 is 0 Å². The van der Waals surface area contributed by atoms with Gasteiger partial charge in [-0.2, -0.15) is 0 Å². The van der Waals surface area contributed by atoms with Crippen LogP contribution in [0.3, 0.4) is 0 Å². The topological polar surface area (TPSA) is 8.17 Å². The maximum Gasteiger partial charge on any atom is 0.0640 e. The van der Waals surface area contributed by atoms with Crippen molar-refractivity contribution in [2.45, 2.75) is 0 Å². The quantitative estimate of drug-likeness (QED) is 0.181. The minimum absolute atomic E-state index is 1.13. The summed E-state index contributed by atoms with van der Waals surface area (Å²) in [7, 11) is 0. The molecule has 50 heavy (non-hydrogen) atoms. The van der Waals surface area contributed by atoms with Gasteiger partial charge in [0.2, 0.25) is 0 Å². The molecule has 0 fully saturated rings. The zero-order valence-electron chi connectivity index (χ0n) is 26.9. The Morgan fingerprint density at radius 1 is 0.380 bits per heavy atom. The standard InChI is InChI=1S/C46H28N2S2/c1-2-12-30(13-3-1)48-40-18-8-6-15-34(40)35-25-22-31(27-42(35)48)47(32-23-26-37-36-16-7-9-20-43(36)49-44(37)28-32)41-19-10-17-38-39-24-21-29-11-4-5-14-33(29)45(39)50-46(38)41/h1-28H. The van der Waals surface area contributed by atoms with E-state index in [0.717, 1.165) is 17.1 Å². The fraction of sp³-hybridized carbons (Fsp3) is 0. The van der Waals surface area contributed by atoms with E-state index in [0.29, 0.717) is 0 Å². The van der Waals surface area contributed by atoms with Crippen LogP contribution in [-0.4, -0.2) is 4.57 Å². The van der Waals surface area contributed by atoms with Gasteiger partial charge in [-0.3, -0.25) is 0 Å². The summed E-state index contributed by atoms with van der Waals surface area (Å²) in [4.78, 5) is 2.48. The number of para-hydroxylation sites is 2. The molecule has 0 amide bonds. The highest BCUT2D eigenvalue weighted by Crippen LogP contribution is 2.48. The number of aromatic nitrogens is 1. The van der Waals surface area contributed by atoms with Gasteiger partial charge in [-0.05, 0) is 65.4 Å². The molecule has 0 spiro atoms. The molecule has 0 aliphatic rings. The van der Waals surface area contributed by atoms with Crippen molar-refractivity contribution in [3.8, 4) is 5.69 Å². The van der Waals surface area contributed by atoms with E-state index in [9.17, 15) is 0 Å². The van der Waals surface area contributed by atoms with Gasteiger partial charge in [-0.25, -0.2) is 0 Å². The highest BCUT2D eigenvalue weighted by Gasteiger charge is 2.22. The number of rotatable bonds is 4. The van der Waals surface area contributed by atoms with E-state index in [1.165, 1.54) is 78.6 Å². The first-order chi connectivity index (χ1) is 24.8. The Kier molecular flexibility index (Phi) is 6.03. The number of anilines is 3. The van der Waals surface area contributed by atoms with Gasteiger partial charge in [0, 0.05) is 63.5 Å². The van der Waals surface area contributed by atoms with E-state index < -0.39 is 0 Å². The van der Waals surface area contributed by atoms with Crippen LogP contribution in [0.5, 0.6) is 0 Å². The van der Waals surface area contributed by atoms with Crippen LogP contribution in [0.1, 0.15) is 0 Å². The van der Waals surface area contributed by atoms with Crippen LogP contribution in [0, 0.1) is 0 Å². The van der Waals surface area contributed by atoms with Crippen molar-refractivity contribution in [3.63, 3.8) is 0 Å². The first-order valence-electron chi connectivity index (χ1n) is 16.9. The average Bonchev–Trinajstić information content (AvgIpc) is 3.85. The number of hydrogen-bond donors (Lipinski definition) is 0. The number of hydrogen-bond acceptors (Lipinski definition) is 3. The number of thiophene rings is 2. The van der Waals surface area contributed by atoms with Crippen LogP contribution in [0.4, 0.5) is 17.1 Å². The number of fused-ring (bicyclic) bond motifs is 11. The predicted octanol–water partition coefficient (Wildman–Crippen LogP) is 14.1. The van der Waals surface area contributed by atoms with Crippen molar-refractivity contribution in [3.05, 3.63) is 170 Å². The summed E-state index contributed by atoms with van der Waals surface area (Å²) >= 11 is 3.78. The third-order valence-electron chi connectivity index (χ3n) is 10.2. The molecule has 0 unspecified atom stereocenters. The fourth-order valence-corrected chi connectivity index (χ4v) is 10.4. The van der Waals surface area contributed by atoms with Crippen molar-refractivity contribution in [2.75, 3.05) is 4.90 Å². The van der Waals surface area contributed by atoms with Crippen LogP contribution in [0.25, 0.3) is 78.6 Å². The monoisotopic (exact) mass is 672 g/mol. The Balaban J connectivity index is 1.22. The van der Waals surface area contributed by atoms with E-state index in [-0.39, 0.29) is 0 Å². The number of benzene rings is 8. The van der Waals surface area contributed by atoms with Crippen molar-refractivity contribution in [1.82, 2.24) is 4.57 Å². The van der Waals surface area contributed by atoms with Crippen LogP contribution in [-0.2, 0) is 0 Å². The molecule has 0 bridgehead atoms. The molecule has 0 saturated carbocycles. The van der Waals surface area contributed by atoms with E-state index in [1.54, 1.807) is 0 Å². The summed E-state index contributed by atoms with van der Waals surface area (Å²) in [5.41, 5.74) is 7.04. The normalized spacial score (nSPS) is 12.0. The zero-order chi connectivity index (χ0) is 32.8. The first kappa shape index (κ1) is 28.0. The zero-order valence-corrected chi connectivity index (χ0v) is 28.5. The Bertz CT molecular complexity index is 3110. The van der Waals surface area contributed by atoms with E-state index in [4.69, 9.17) is 0 Å². The van der Waals surface area contributed by atoms with E-state index >= 15 is 0 Å². The summed E-state index contributed by atoms with van der Waals surface area (Å²) in [5.74, 6) is 0. The fourth-order valence-electron chi connectivity index (χ4n) is 7.92. The second kappa shape index (κ2) is 10.8. The largest absolute Gasteiger partial charge is 0.309 e. The minimum Gasteiger partial charge on any atom is -0.309 e. The maximum atomic E-state index is 2.48. The second-order valence-corrected chi connectivity index (χ2v) is 15.0. The summed E-state index contributed by atoms with van der Waals surface area (Å²) < 4.78 is 7.65. The smallest absolute Gasteiger partial charge is 0.0640 e. The van der Waals surface area contributed by atoms with E-state index in [2.05, 4.69) is 179 Å². The van der Waals surface area contributed by atoms with Gasteiger partial charge >= 0.3 is 0 Å². The lowest BCUT2D eigenvalue weighted by atomic mass is 10.1. The Morgan fingerprint density at radius 3 is 1.92 bits per heavy atom. The lowest BCUT2D eigenvalue weighted by Gasteiger charge is -2.26. The molecule has 0 atom stereocenters. The van der Waals surface area contributed by atoms with Crippen LogP contribution in [0.2, 0.25) is 0 Å². The molecular weight excluding hydrogens is 645 g/mol. The SMILES string of the molecule is c1ccc(-n2c3ccccc3c3ccc(N(c4ccc5c(c4)sc4ccccc45)c4cccc5c4sc4c6ccccc6ccc54)cc32)cc1. The Hall–Kier alpha value is -5.94. The molecule has 4 heteroatoms. The summed E-state index contributed by atoms with van der Waals surface area (Å²) in [6, 6.07) is 62.4. The second-order valence-electron chi connectivity index (χ2n) is 12.9.